The summed E-state index contributed by atoms with van der Waals surface area (Å²) in [5, 5.41) is 10.5. The summed E-state index contributed by atoms with van der Waals surface area (Å²) in [6.45, 7) is 5.86. The Morgan fingerprint density at radius 1 is 1.04 bits per heavy atom. The van der Waals surface area contributed by atoms with Gasteiger partial charge in [0.25, 0.3) is 0 Å². The maximum Gasteiger partial charge on any atom is 0.247 e. The summed E-state index contributed by atoms with van der Waals surface area (Å²) in [4.78, 5) is 12.7. The number of aromatic nitrogens is 2. The van der Waals surface area contributed by atoms with Crippen LogP contribution in [0.25, 0.3) is 11.5 Å². The summed E-state index contributed by atoms with van der Waals surface area (Å²) in [6, 6.07) is 15.3. The fraction of sp³-hybridized carbons (Fsp3) is 0.211. The summed E-state index contributed by atoms with van der Waals surface area (Å²) in [6.07, 6.45) is 1.29. The van der Waals surface area contributed by atoms with Gasteiger partial charge in [0.2, 0.25) is 18.2 Å². The van der Waals surface area contributed by atoms with Gasteiger partial charge in [-0.1, -0.05) is 29.8 Å². The highest BCUT2D eigenvalue weighted by molar-refractivity contribution is 5.98. The molecule has 3 rings (SSSR count). The van der Waals surface area contributed by atoms with E-state index >= 15 is 0 Å². The van der Waals surface area contributed by atoms with Crippen molar-refractivity contribution in [2.75, 3.05) is 5.32 Å². The first-order valence-corrected chi connectivity index (χ1v) is 7.72. The lowest BCUT2D eigenvalue weighted by atomic mass is 9.83. The van der Waals surface area contributed by atoms with Crippen LogP contribution in [0.2, 0.25) is 0 Å². The van der Waals surface area contributed by atoms with Crippen LogP contribution in [0.15, 0.2) is 59.3 Å². The van der Waals surface area contributed by atoms with Crippen LogP contribution in [-0.4, -0.2) is 16.1 Å². The Bertz CT molecular complexity index is 820. The van der Waals surface area contributed by atoms with Crippen LogP contribution >= 0.6 is 0 Å². The van der Waals surface area contributed by atoms with E-state index in [1.165, 1.54) is 12.0 Å². The molecule has 2 aromatic carbocycles. The van der Waals surface area contributed by atoms with Gasteiger partial charge < -0.3 is 9.73 Å². The van der Waals surface area contributed by atoms with Gasteiger partial charge in [0, 0.05) is 11.3 Å². The molecule has 1 N–H and O–H groups in total. The van der Waals surface area contributed by atoms with Crippen LogP contribution in [-0.2, 0) is 10.2 Å². The number of nitrogens with zero attached hydrogens (tertiary/aromatic N) is 2. The predicted octanol–water partition coefficient (Wildman–Crippen LogP) is 3.96. The number of anilines is 1. The number of rotatable bonds is 4. The Labute approximate surface area is 140 Å². The van der Waals surface area contributed by atoms with E-state index in [-0.39, 0.29) is 5.91 Å². The van der Waals surface area contributed by atoms with E-state index in [4.69, 9.17) is 4.42 Å². The normalized spacial score (nSPS) is 11.3. The van der Waals surface area contributed by atoms with Gasteiger partial charge in [-0.2, -0.15) is 0 Å². The molecule has 0 atom stereocenters. The lowest BCUT2D eigenvalue weighted by molar-refractivity contribution is -0.120. The van der Waals surface area contributed by atoms with Gasteiger partial charge in [-0.15, -0.1) is 10.2 Å². The number of amides is 1. The lowest BCUT2D eigenvalue weighted by Crippen LogP contribution is -2.34. The number of benzene rings is 2. The molecule has 5 heteroatoms. The zero-order valence-corrected chi connectivity index (χ0v) is 13.9. The number of carbonyl (C=O) groups is 1. The zero-order valence-electron chi connectivity index (χ0n) is 13.9. The van der Waals surface area contributed by atoms with Crippen molar-refractivity contribution in [3.8, 4) is 11.5 Å². The minimum atomic E-state index is -0.626. The Morgan fingerprint density at radius 3 is 2.29 bits per heavy atom. The molecule has 0 bridgehead atoms. The van der Waals surface area contributed by atoms with Crippen LogP contribution in [0.5, 0.6) is 0 Å². The largest absolute Gasteiger partial charge is 0.423 e. The maximum absolute atomic E-state index is 12.7. The van der Waals surface area contributed by atoms with E-state index in [0.717, 1.165) is 16.8 Å². The number of hydrogen-bond donors (Lipinski definition) is 1. The average molecular weight is 321 g/mol. The van der Waals surface area contributed by atoms with E-state index < -0.39 is 5.41 Å². The Morgan fingerprint density at radius 2 is 1.71 bits per heavy atom. The van der Waals surface area contributed by atoms with Crippen LogP contribution in [0.4, 0.5) is 5.69 Å². The molecular formula is C19H19N3O2. The van der Waals surface area contributed by atoms with Crippen molar-refractivity contribution >= 4 is 11.6 Å². The molecule has 5 nitrogen and oxygen atoms in total. The predicted molar refractivity (Wildman–Crippen MR) is 92.6 cm³/mol. The number of hydrogen-bond acceptors (Lipinski definition) is 4. The van der Waals surface area contributed by atoms with E-state index in [1.54, 1.807) is 0 Å². The summed E-state index contributed by atoms with van der Waals surface area (Å²) in [5.41, 5.74) is 3.06. The van der Waals surface area contributed by atoms with E-state index in [2.05, 4.69) is 15.5 Å². The molecule has 24 heavy (non-hydrogen) atoms. The Hall–Kier alpha value is -2.95. The third-order valence-electron chi connectivity index (χ3n) is 4.09. The molecule has 0 unspecified atom stereocenters. The molecule has 0 aliphatic heterocycles. The highest BCUT2D eigenvalue weighted by Crippen LogP contribution is 2.26. The van der Waals surface area contributed by atoms with Crippen molar-refractivity contribution in [1.82, 2.24) is 10.2 Å². The minimum Gasteiger partial charge on any atom is -0.423 e. The minimum absolute atomic E-state index is 0.0584. The van der Waals surface area contributed by atoms with Crippen molar-refractivity contribution in [2.45, 2.75) is 26.2 Å². The quantitative estimate of drug-likeness (QED) is 0.789. The SMILES string of the molecule is Cc1ccc(C(C)(C)C(=O)Nc2ccc(-c3nnco3)cc2)cc1. The van der Waals surface area contributed by atoms with Crippen LogP contribution < -0.4 is 5.32 Å². The molecule has 0 fully saturated rings. The fourth-order valence-electron chi connectivity index (χ4n) is 2.38. The smallest absolute Gasteiger partial charge is 0.247 e. The van der Waals surface area contributed by atoms with Crippen LogP contribution in [0, 0.1) is 6.92 Å². The number of carbonyl (C=O) groups excluding carboxylic acids is 1. The Kier molecular flexibility index (Phi) is 4.16. The summed E-state index contributed by atoms with van der Waals surface area (Å²) in [7, 11) is 0. The topological polar surface area (TPSA) is 68.0 Å². The number of nitrogens with one attached hydrogen (secondary N) is 1. The van der Waals surface area contributed by atoms with Crippen molar-refractivity contribution in [2.24, 2.45) is 0 Å². The number of aryl methyl sites for hydroxylation is 1. The fourth-order valence-corrected chi connectivity index (χ4v) is 2.38. The molecule has 1 heterocycles. The first kappa shape index (κ1) is 15.9. The molecule has 0 saturated heterocycles. The molecule has 0 radical (unpaired) electrons. The monoisotopic (exact) mass is 321 g/mol. The van der Waals surface area contributed by atoms with E-state index in [1.807, 2.05) is 69.3 Å². The first-order valence-electron chi connectivity index (χ1n) is 7.72. The average Bonchev–Trinajstić information content (AvgIpc) is 3.10. The van der Waals surface area contributed by atoms with Gasteiger partial charge in [-0.25, -0.2) is 0 Å². The molecule has 122 valence electrons. The van der Waals surface area contributed by atoms with Crippen molar-refractivity contribution < 1.29 is 9.21 Å². The lowest BCUT2D eigenvalue weighted by Gasteiger charge is -2.24. The molecule has 0 spiro atoms. The standard InChI is InChI=1S/C19H19N3O2/c1-13-4-8-15(9-5-13)19(2,3)18(23)21-16-10-6-14(7-11-16)17-22-20-12-24-17/h4-12H,1-3H3,(H,21,23). The zero-order chi connectivity index (χ0) is 17.2. The molecule has 0 aliphatic rings. The summed E-state index contributed by atoms with van der Waals surface area (Å²) < 4.78 is 5.15. The highest BCUT2D eigenvalue weighted by Gasteiger charge is 2.29. The van der Waals surface area contributed by atoms with Crippen LogP contribution in [0.3, 0.4) is 0 Å². The first-order chi connectivity index (χ1) is 11.5. The second-order valence-electron chi connectivity index (χ2n) is 6.27. The summed E-state index contributed by atoms with van der Waals surface area (Å²) in [5.74, 6) is 0.393. The maximum atomic E-state index is 12.7. The second kappa shape index (κ2) is 6.28. The van der Waals surface area contributed by atoms with E-state index in [9.17, 15) is 4.79 Å². The second-order valence-corrected chi connectivity index (χ2v) is 6.27. The molecular weight excluding hydrogens is 302 g/mol. The third kappa shape index (κ3) is 3.20. The van der Waals surface area contributed by atoms with Crippen LogP contribution in [0.1, 0.15) is 25.0 Å². The molecule has 3 aromatic rings. The van der Waals surface area contributed by atoms with Gasteiger partial charge in [-0.3, -0.25) is 4.79 Å². The summed E-state index contributed by atoms with van der Waals surface area (Å²) >= 11 is 0. The van der Waals surface area contributed by atoms with Crippen molar-refractivity contribution in [3.63, 3.8) is 0 Å². The third-order valence-corrected chi connectivity index (χ3v) is 4.09. The van der Waals surface area contributed by atoms with Gasteiger partial charge >= 0.3 is 0 Å². The van der Waals surface area contributed by atoms with Crippen molar-refractivity contribution in [1.29, 1.82) is 0 Å². The molecule has 0 saturated carbocycles. The van der Waals surface area contributed by atoms with Gasteiger partial charge in [0.1, 0.15) is 0 Å². The van der Waals surface area contributed by atoms with Crippen molar-refractivity contribution in [3.05, 3.63) is 66.1 Å². The molecule has 1 aromatic heterocycles. The van der Waals surface area contributed by atoms with Gasteiger partial charge in [0.15, 0.2) is 0 Å². The van der Waals surface area contributed by atoms with Gasteiger partial charge in [0.05, 0.1) is 5.41 Å². The Balaban J connectivity index is 1.75. The van der Waals surface area contributed by atoms with Gasteiger partial charge in [-0.05, 0) is 50.6 Å². The molecule has 1 amide bonds. The molecule has 0 aliphatic carbocycles. The van der Waals surface area contributed by atoms with E-state index in [0.29, 0.717) is 5.89 Å². The highest BCUT2D eigenvalue weighted by atomic mass is 16.4.